The molecule has 8 nitrogen and oxygen atoms in total. The number of anilines is 1. The maximum atomic E-state index is 11.5. The SMILES string of the molecule is C=C/C(=C\C=C/C)N1CCN(c2cc(OC)c([N+](=O)[O-])cc2C(C=NC)=CN)CC1. The van der Waals surface area contributed by atoms with Crippen LogP contribution >= 0.6 is 0 Å². The summed E-state index contributed by atoms with van der Waals surface area (Å²) in [4.78, 5) is 19.6. The molecule has 1 aromatic carbocycles. The molecule has 1 aromatic rings. The highest BCUT2D eigenvalue weighted by molar-refractivity contribution is 6.12. The Morgan fingerprint density at radius 3 is 2.53 bits per heavy atom. The van der Waals surface area contributed by atoms with Gasteiger partial charge in [0.1, 0.15) is 0 Å². The highest BCUT2D eigenvalue weighted by Crippen LogP contribution is 2.38. The first-order valence-corrected chi connectivity index (χ1v) is 9.66. The average molecular weight is 412 g/mol. The van der Waals surface area contributed by atoms with E-state index in [1.165, 1.54) is 19.4 Å². The van der Waals surface area contributed by atoms with Crippen LogP contribution < -0.4 is 15.4 Å². The molecule has 1 fully saturated rings. The van der Waals surface area contributed by atoms with Crippen molar-refractivity contribution in [3.63, 3.8) is 0 Å². The van der Waals surface area contributed by atoms with Gasteiger partial charge >= 0.3 is 5.69 Å². The van der Waals surface area contributed by atoms with Crippen LogP contribution in [-0.2, 0) is 0 Å². The number of nitro groups is 1. The number of hydrogen-bond acceptors (Lipinski definition) is 7. The highest BCUT2D eigenvalue weighted by atomic mass is 16.6. The van der Waals surface area contributed by atoms with Crippen LogP contribution in [0.2, 0.25) is 0 Å². The van der Waals surface area contributed by atoms with E-state index in [2.05, 4.69) is 21.4 Å². The van der Waals surface area contributed by atoms with Crippen molar-refractivity contribution in [2.45, 2.75) is 6.92 Å². The fourth-order valence-corrected chi connectivity index (χ4v) is 3.40. The Bertz CT molecular complexity index is 894. The maximum absolute atomic E-state index is 11.5. The zero-order chi connectivity index (χ0) is 22.1. The summed E-state index contributed by atoms with van der Waals surface area (Å²) >= 11 is 0. The van der Waals surface area contributed by atoms with Crippen LogP contribution in [0, 0.1) is 10.1 Å². The quantitative estimate of drug-likeness (QED) is 0.305. The number of nitro benzene ring substituents is 1. The molecule has 0 aromatic heterocycles. The molecule has 0 radical (unpaired) electrons. The molecular weight excluding hydrogens is 382 g/mol. The first-order chi connectivity index (χ1) is 14.5. The number of methoxy groups -OCH3 is 1. The summed E-state index contributed by atoms with van der Waals surface area (Å²) in [5.41, 5.74) is 8.85. The Kier molecular flexibility index (Phi) is 8.22. The molecule has 0 unspecified atom stereocenters. The van der Waals surface area contributed by atoms with Crippen molar-refractivity contribution >= 4 is 23.2 Å². The molecule has 8 heteroatoms. The smallest absolute Gasteiger partial charge is 0.311 e. The van der Waals surface area contributed by atoms with Crippen molar-refractivity contribution in [2.24, 2.45) is 10.7 Å². The third kappa shape index (κ3) is 5.08. The molecule has 0 spiro atoms. The summed E-state index contributed by atoms with van der Waals surface area (Å²) in [6.07, 6.45) is 10.9. The Morgan fingerprint density at radius 1 is 1.33 bits per heavy atom. The second-order valence-corrected chi connectivity index (χ2v) is 6.60. The lowest BCUT2D eigenvalue weighted by molar-refractivity contribution is -0.385. The molecule has 1 aliphatic rings. The van der Waals surface area contributed by atoms with Crippen molar-refractivity contribution < 1.29 is 9.66 Å². The van der Waals surface area contributed by atoms with Gasteiger partial charge in [-0.1, -0.05) is 18.7 Å². The Morgan fingerprint density at radius 2 is 2.03 bits per heavy atom. The number of hydrogen-bond donors (Lipinski definition) is 1. The van der Waals surface area contributed by atoms with E-state index in [9.17, 15) is 10.1 Å². The number of nitrogens with zero attached hydrogens (tertiary/aromatic N) is 4. The van der Waals surface area contributed by atoms with Gasteiger partial charge in [0, 0.05) is 80.3 Å². The summed E-state index contributed by atoms with van der Waals surface area (Å²) in [7, 11) is 3.06. The zero-order valence-corrected chi connectivity index (χ0v) is 17.7. The number of rotatable bonds is 8. The Labute approximate surface area is 177 Å². The van der Waals surface area contributed by atoms with Gasteiger partial charge in [0.15, 0.2) is 5.75 Å². The third-order valence-corrected chi connectivity index (χ3v) is 4.91. The first kappa shape index (κ1) is 22.7. The van der Waals surface area contributed by atoms with Crippen LogP contribution in [-0.4, -0.2) is 56.4 Å². The number of allylic oxidation sites excluding steroid dienone is 5. The normalized spacial score (nSPS) is 15.8. The molecule has 160 valence electrons. The first-order valence-electron chi connectivity index (χ1n) is 9.66. The van der Waals surface area contributed by atoms with Gasteiger partial charge in [-0.05, 0) is 19.1 Å². The minimum absolute atomic E-state index is 0.109. The third-order valence-electron chi connectivity index (χ3n) is 4.91. The van der Waals surface area contributed by atoms with Crippen molar-refractivity contribution in [3.8, 4) is 5.75 Å². The van der Waals surface area contributed by atoms with Crippen LogP contribution in [0.4, 0.5) is 11.4 Å². The second-order valence-electron chi connectivity index (χ2n) is 6.60. The van der Waals surface area contributed by atoms with Gasteiger partial charge in [-0.3, -0.25) is 15.1 Å². The zero-order valence-electron chi connectivity index (χ0n) is 17.7. The molecule has 2 N–H and O–H groups in total. The van der Waals surface area contributed by atoms with Gasteiger partial charge in [0.25, 0.3) is 0 Å². The number of aliphatic imine (C=N–C) groups is 1. The number of nitrogens with two attached hydrogens (primary N) is 1. The van der Waals surface area contributed by atoms with Gasteiger partial charge in [-0.15, -0.1) is 0 Å². The summed E-state index contributed by atoms with van der Waals surface area (Å²) in [6, 6.07) is 3.21. The predicted molar refractivity (Wildman–Crippen MR) is 123 cm³/mol. The van der Waals surface area contributed by atoms with Gasteiger partial charge in [-0.25, -0.2) is 0 Å². The molecule has 2 rings (SSSR count). The van der Waals surface area contributed by atoms with E-state index < -0.39 is 4.92 Å². The molecule has 1 aliphatic heterocycles. The van der Waals surface area contributed by atoms with E-state index in [0.29, 0.717) is 11.1 Å². The summed E-state index contributed by atoms with van der Waals surface area (Å²) in [5, 5.41) is 11.5. The molecule has 0 bridgehead atoms. The van der Waals surface area contributed by atoms with E-state index in [1.54, 1.807) is 19.3 Å². The number of ether oxygens (including phenoxy) is 1. The molecule has 0 atom stereocenters. The van der Waals surface area contributed by atoms with Crippen molar-refractivity contribution in [3.05, 3.63) is 70.6 Å². The minimum Gasteiger partial charge on any atom is -0.490 e. The van der Waals surface area contributed by atoms with E-state index in [4.69, 9.17) is 10.5 Å². The van der Waals surface area contributed by atoms with Gasteiger partial charge in [-0.2, -0.15) is 0 Å². The molecule has 0 saturated carbocycles. The molecular formula is C22H29N5O3. The van der Waals surface area contributed by atoms with Crippen LogP contribution in [0.1, 0.15) is 12.5 Å². The van der Waals surface area contributed by atoms with E-state index in [-0.39, 0.29) is 11.4 Å². The van der Waals surface area contributed by atoms with Crippen molar-refractivity contribution in [2.75, 3.05) is 45.2 Å². The fourth-order valence-electron chi connectivity index (χ4n) is 3.40. The van der Waals surface area contributed by atoms with Crippen molar-refractivity contribution in [1.29, 1.82) is 0 Å². The summed E-state index contributed by atoms with van der Waals surface area (Å²) in [6.45, 7) is 8.93. The predicted octanol–water partition coefficient (Wildman–Crippen LogP) is 3.37. The fraction of sp³-hybridized carbons (Fsp3) is 0.318. The second kappa shape index (κ2) is 10.8. The van der Waals surface area contributed by atoms with E-state index in [0.717, 1.165) is 37.6 Å². The lowest BCUT2D eigenvalue weighted by Gasteiger charge is -2.38. The topological polar surface area (TPSA) is 97.2 Å². The Hall–Kier alpha value is -3.55. The Balaban J connectivity index is 2.43. The molecule has 0 amide bonds. The molecule has 1 heterocycles. The van der Waals surface area contributed by atoms with E-state index >= 15 is 0 Å². The maximum Gasteiger partial charge on any atom is 0.311 e. The van der Waals surface area contributed by atoms with E-state index in [1.807, 2.05) is 31.2 Å². The highest BCUT2D eigenvalue weighted by Gasteiger charge is 2.25. The molecule has 30 heavy (non-hydrogen) atoms. The lowest BCUT2D eigenvalue weighted by Crippen LogP contribution is -2.46. The number of piperazine rings is 1. The molecule has 1 saturated heterocycles. The summed E-state index contributed by atoms with van der Waals surface area (Å²) in [5.74, 6) is 0.214. The van der Waals surface area contributed by atoms with Crippen molar-refractivity contribution in [1.82, 2.24) is 4.90 Å². The average Bonchev–Trinajstić information content (AvgIpc) is 2.77. The van der Waals surface area contributed by atoms with Crippen LogP contribution in [0.15, 0.2) is 59.9 Å². The van der Waals surface area contributed by atoms with Gasteiger partial charge in [0.05, 0.1) is 12.0 Å². The van der Waals surface area contributed by atoms with Gasteiger partial charge in [0.2, 0.25) is 0 Å². The largest absolute Gasteiger partial charge is 0.490 e. The van der Waals surface area contributed by atoms with Crippen LogP contribution in [0.25, 0.3) is 5.57 Å². The minimum atomic E-state index is -0.455. The standard InChI is InChI=1S/C22H29N5O3/c1-5-7-8-18(6-2)25-9-11-26(12-10-25)20-14-22(30-4)21(27(28)29)13-19(20)17(15-23)16-24-3/h5-8,13-16H,2,9-12,23H2,1,3-4H3/b7-5-,17-15?,18-8+,24-16?. The lowest BCUT2D eigenvalue weighted by atomic mass is 10.0. The monoisotopic (exact) mass is 411 g/mol. The number of benzene rings is 1. The molecule has 0 aliphatic carbocycles. The van der Waals surface area contributed by atoms with Gasteiger partial charge < -0.3 is 20.3 Å². The van der Waals surface area contributed by atoms with Crippen LogP contribution in [0.5, 0.6) is 5.75 Å². The summed E-state index contributed by atoms with van der Waals surface area (Å²) < 4.78 is 5.29. The van der Waals surface area contributed by atoms with Crippen LogP contribution in [0.3, 0.4) is 0 Å².